The molecule has 4 rings (SSSR count). The van der Waals surface area contributed by atoms with Gasteiger partial charge < -0.3 is 51.3 Å². The predicted octanol–water partition coefficient (Wildman–Crippen LogP) is -0.431. The summed E-state index contributed by atoms with van der Waals surface area (Å²) >= 11 is 1.87. The maximum absolute atomic E-state index is 12.6. The lowest BCUT2D eigenvalue weighted by molar-refractivity contribution is -0.141. The molecule has 0 radical (unpaired) electrons. The largest absolute Gasteiger partial charge is 0.480 e. The van der Waals surface area contributed by atoms with E-state index in [4.69, 9.17) is 9.59 Å². The number of fused-ring (bicyclic) bond motifs is 1. The maximum atomic E-state index is 12.6. The number of unbranched alkanes of at least 4 members (excludes halogenated alkanes) is 3. The Bertz CT molecular complexity index is 1550. The molecule has 4 unspecified atom stereocenters. The summed E-state index contributed by atoms with van der Waals surface area (Å²) in [6.07, 6.45) is 5.60. The first-order valence-electron chi connectivity index (χ1n) is 20.7. The van der Waals surface area contributed by atoms with Gasteiger partial charge in [-0.2, -0.15) is 11.8 Å². The minimum absolute atomic E-state index is 0.000475. The van der Waals surface area contributed by atoms with Crippen LogP contribution in [0.25, 0.3) is 0 Å². The molecule has 22 heteroatoms. The second-order valence-electron chi connectivity index (χ2n) is 15.1. The number of carboxylic acids is 2. The summed E-state index contributed by atoms with van der Waals surface area (Å²) in [4.78, 5) is 95.5. The lowest BCUT2D eigenvalue weighted by Crippen LogP contribution is -2.53. The molecule has 0 saturated carbocycles. The SMILES string of the molecule is C=O.C=O.O=C(O)CN1CCN(CO)CCN(CO)CCN(CC(=O)O)C(Cc2ccc(NC(=O)NC(=O)CCCCCNC(=O)CCCCC3SCC4NC(=O)NC43)cc2)C1. The van der Waals surface area contributed by atoms with E-state index < -0.39 is 29.9 Å². The molecule has 62 heavy (non-hydrogen) atoms. The number of thioether (sulfide) groups is 1. The standard InChI is InChI=1S/C38H61N9O10S.2CH2O/c48-25-44-14-15-45(26-49)18-19-47(23-35(54)55)29(21-46(17-16-44)22-34(52)53)20-27-9-11-28(12-10-27)40-37(56)42-33(51)8-2-1-5-13-39-32(50)7-4-3-6-31-36-30(24-58-31)41-38(57)43-36;2*1-2/h9-12,29-31,36,48-49H,1-8,13-26H2,(H,39,50)(H,52,53)(H,54,55)(H2,41,43,57)(H2,40,42,51,56);2*1H2. The van der Waals surface area contributed by atoms with E-state index in [1.54, 1.807) is 43.9 Å². The van der Waals surface area contributed by atoms with Gasteiger partial charge in [0.05, 0.1) is 38.6 Å². The highest BCUT2D eigenvalue weighted by Gasteiger charge is 2.42. The van der Waals surface area contributed by atoms with Crippen molar-refractivity contribution in [1.82, 2.24) is 40.9 Å². The third-order valence-electron chi connectivity index (χ3n) is 10.7. The average molecular weight is 896 g/mol. The number of aliphatic carboxylic acids is 2. The molecule has 9 N–H and O–H groups in total. The Kier molecular flexibility index (Phi) is 26.2. The van der Waals surface area contributed by atoms with Crippen LogP contribution in [-0.2, 0) is 35.2 Å². The van der Waals surface area contributed by atoms with Crippen molar-refractivity contribution in [3.05, 3.63) is 29.8 Å². The molecule has 3 aliphatic heterocycles. The van der Waals surface area contributed by atoms with Crippen molar-refractivity contribution in [2.24, 2.45) is 0 Å². The van der Waals surface area contributed by atoms with Gasteiger partial charge in [0.1, 0.15) is 13.6 Å². The molecule has 1 aromatic rings. The summed E-state index contributed by atoms with van der Waals surface area (Å²) in [6, 6.07) is 6.08. The number of urea groups is 2. The van der Waals surface area contributed by atoms with Crippen LogP contribution < -0.4 is 26.6 Å². The van der Waals surface area contributed by atoms with E-state index in [0.29, 0.717) is 88.9 Å². The second kappa shape index (κ2) is 30.4. The van der Waals surface area contributed by atoms with E-state index in [2.05, 4.69) is 26.6 Å². The van der Waals surface area contributed by atoms with Crippen LogP contribution in [-0.4, -0.2) is 197 Å². The topological polar surface area (TPSA) is 291 Å². The van der Waals surface area contributed by atoms with Gasteiger partial charge >= 0.3 is 24.0 Å². The number of imide groups is 1. The van der Waals surface area contributed by atoms with E-state index in [9.17, 15) is 49.2 Å². The number of amides is 6. The molecule has 3 aliphatic rings. The molecule has 0 spiro atoms. The van der Waals surface area contributed by atoms with Gasteiger partial charge in [0, 0.05) is 87.9 Å². The van der Waals surface area contributed by atoms with Crippen molar-refractivity contribution in [2.75, 3.05) is 90.0 Å². The van der Waals surface area contributed by atoms with Crippen molar-refractivity contribution < 1.29 is 58.8 Å². The molecule has 348 valence electrons. The molecule has 3 saturated heterocycles. The number of carboxylic acid groups (broad SMARTS) is 2. The molecule has 4 atom stereocenters. The van der Waals surface area contributed by atoms with Crippen molar-refractivity contribution in [2.45, 2.75) is 81.2 Å². The lowest BCUT2D eigenvalue weighted by Gasteiger charge is -2.37. The number of aliphatic hydroxyl groups is 2. The number of hydrogen-bond acceptors (Lipinski definition) is 15. The zero-order valence-electron chi connectivity index (χ0n) is 35.3. The molecule has 0 aliphatic carbocycles. The van der Waals surface area contributed by atoms with Crippen LogP contribution in [0.3, 0.4) is 0 Å². The van der Waals surface area contributed by atoms with Gasteiger partial charge in [-0.1, -0.05) is 25.0 Å². The van der Waals surface area contributed by atoms with E-state index in [1.807, 2.05) is 25.3 Å². The summed E-state index contributed by atoms with van der Waals surface area (Å²) in [5.74, 6) is -1.57. The summed E-state index contributed by atoms with van der Waals surface area (Å²) in [7, 11) is 0. The lowest BCUT2D eigenvalue weighted by atomic mass is 10.0. The Morgan fingerprint density at radius 3 is 1.97 bits per heavy atom. The molecule has 6 amide bonds. The fraction of sp³-hybridized carbons (Fsp3) is 0.650. The maximum Gasteiger partial charge on any atom is 0.325 e. The number of rotatable bonds is 20. The number of carbonyl (C=O) groups excluding carboxylic acids is 6. The quantitative estimate of drug-likeness (QED) is 0.0593. The number of benzene rings is 1. The first kappa shape index (κ1) is 53.4. The Hall–Kier alpha value is -4.71. The summed E-state index contributed by atoms with van der Waals surface area (Å²) in [6.45, 7) is 5.97. The number of carbonyl (C=O) groups is 8. The van der Waals surface area contributed by atoms with Crippen LogP contribution in [0.4, 0.5) is 15.3 Å². The molecule has 1 aromatic carbocycles. The highest BCUT2D eigenvalue weighted by molar-refractivity contribution is 8.00. The number of nitrogens with one attached hydrogen (secondary N) is 5. The van der Waals surface area contributed by atoms with Crippen LogP contribution in [0.2, 0.25) is 0 Å². The Labute approximate surface area is 366 Å². The fourth-order valence-corrected chi connectivity index (χ4v) is 9.01. The molecule has 3 fully saturated rings. The zero-order valence-corrected chi connectivity index (χ0v) is 36.2. The number of aliphatic hydroxyl groups excluding tert-OH is 2. The van der Waals surface area contributed by atoms with E-state index in [0.717, 1.165) is 30.6 Å². The van der Waals surface area contributed by atoms with Crippen molar-refractivity contribution in [3.8, 4) is 0 Å². The van der Waals surface area contributed by atoms with E-state index in [-0.39, 0.29) is 63.5 Å². The minimum Gasteiger partial charge on any atom is -0.480 e. The molecule has 0 aromatic heterocycles. The first-order chi connectivity index (χ1) is 29.9. The predicted molar refractivity (Wildman–Crippen MR) is 231 cm³/mol. The van der Waals surface area contributed by atoms with Crippen LogP contribution in [0.1, 0.15) is 56.9 Å². The monoisotopic (exact) mass is 895 g/mol. The molecule has 0 bridgehead atoms. The number of hydrogen-bond donors (Lipinski definition) is 9. The number of nitrogens with zero attached hydrogens (tertiary/aromatic N) is 4. The van der Waals surface area contributed by atoms with Crippen molar-refractivity contribution in [1.29, 1.82) is 0 Å². The summed E-state index contributed by atoms with van der Waals surface area (Å²) in [5.41, 5.74) is 1.25. The van der Waals surface area contributed by atoms with Crippen LogP contribution in [0.5, 0.6) is 0 Å². The Morgan fingerprint density at radius 1 is 0.742 bits per heavy atom. The van der Waals surface area contributed by atoms with Gasteiger partial charge in [-0.25, -0.2) is 9.59 Å². The van der Waals surface area contributed by atoms with Crippen LogP contribution in [0, 0.1) is 0 Å². The molecule has 3 heterocycles. The average Bonchev–Trinajstić information content (AvgIpc) is 3.81. The highest BCUT2D eigenvalue weighted by Crippen LogP contribution is 2.33. The zero-order chi connectivity index (χ0) is 45.9. The van der Waals surface area contributed by atoms with Gasteiger partial charge in [-0.3, -0.25) is 44.1 Å². The molecule has 21 nitrogen and oxygen atoms in total. The van der Waals surface area contributed by atoms with Gasteiger partial charge in [0.2, 0.25) is 11.8 Å². The first-order valence-corrected chi connectivity index (χ1v) is 21.8. The van der Waals surface area contributed by atoms with Gasteiger partial charge in [0.15, 0.2) is 0 Å². The van der Waals surface area contributed by atoms with Crippen molar-refractivity contribution in [3.63, 3.8) is 0 Å². The Morgan fingerprint density at radius 2 is 1.34 bits per heavy atom. The van der Waals surface area contributed by atoms with Crippen molar-refractivity contribution >= 4 is 66.8 Å². The summed E-state index contributed by atoms with van der Waals surface area (Å²) in [5, 5.41) is 53.3. The smallest absolute Gasteiger partial charge is 0.325 e. The summed E-state index contributed by atoms with van der Waals surface area (Å²) < 4.78 is 0. The highest BCUT2D eigenvalue weighted by atomic mass is 32.2. The number of anilines is 1. The third kappa shape index (κ3) is 20.4. The van der Waals surface area contributed by atoms with Gasteiger partial charge in [-0.15, -0.1) is 0 Å². The van der Waals surface area contributed by atoms with Crippen LogP contribution in [0.15, 0.2) is 24.3 Å². The van der Waals surface area contributed by atoms with Gasteiger partial charge in [0.25, 0.3) is 0 Å². The van der Waals surface area contributed by atoms with E-state index in [1.165, 1.54) is 0 Å². The Balaban J connectivity index is 0.00000321. The van der Waals surface area contributed by atoms with Gasteiger partial charge in [-0.05, 0) is 49.8 Å². The third-order valence-corrected chi connectivity index (χ3v) is 12.2. The van der Waals surface area contributed by atoms with Crippen LogP contribution >= 0.6 is 11.8 Å². The minimum atomic E-state index is -1.04. The molecular formula is C40H65N9O12S. The van der Waals surface area contributed by atoms with E-state index >= 15 is 0 Å². The second-order valence-corrected chi connectivity index (χ2v) is 16.4. The normalized spacial score (nSPS) is 21.2. The fourth-order valence-electron chi connectivity index (χ4n) is 7.47. The molecular weight excluding hydrogens is 831 g/mol.